The summed E-state index contributed by atoms with van der Waals surface area (Å²) < 4.78 is 1.25. The van der Waals surface area contributed by atoms with Crippen molar-refractivity contribution in [3.63, 3.8) is 0 Å². The molecule has 2 aromatic carbocycles. The maximum atomic E-state index is 4.87. The first-order chi connectivity index (χ1) is 15.2. The third-order valence-corrected chi connectivity index (χ3v) is 8.05. The highest BCUT2D eigenvalue weighted by Crippen LogP contribution is 2.26. The molecule has 0 unspecified atom stereocenters. The predicted octanol–water partition coefficient (Wildman–Crippen LogP) is 5.86. The average Bonchev–Trinajstić information content (AvgIpc) is 3.46. The minimum absolute atomic E-state index is 0.934. The molecule has 4 nitrogen and oxygen atoms in total. The summed E-state index contributed by atoms with van der Waals surface area (Å²) in [5, 5.41) is 6.64. The highest BCUT2D eigenvalue weighted by atomic mass is 127. The molecule has 0 amide bonds. The van der Waals surface area contributed by atoms with Crippen LogP contribution in [0.15, 0.2) is 65.4 Å². The van der Waals surface area contributed by atoms with Crippen molar-refractivity contribution in [2.24, 2.45) is 0 Å². The van der Waals surface area contributed by atoms with Crippen molar-refractivity contribution in [2.75, 3.05) is 26.2 Å². The molecule has 4 aromatic rings. The average molecular weight is 559 g/mol. The normalized spacial score (nSPS) is 15.4. The molecular weight excluding hydrogens is 535 g/mol. The van der Waals surface area contributed by atoms with Gasteiger partial charge in [0.25, 0.3) is 0 Å². The monoisotopic (exact) mass is 558 g/mol. The lowest BCUT2D eigenvalue weighted by molar-refractivity contribution is 0.120. The zero-order valence-electron chi connectivity index (χ0n) is 17.1. The Morgan fingerprint density at radius 3 is 1.68 bits per heavy atom. The summed E-state index contributed by atoms with van der Waals surface area (Å²) in [7, 11) is 0. The standard InChI is InChI=1S/C24H23IN4S2/c25-20-8-6-19(7-9-20)24-27-22(17-31-24)15-29-12-10-28(11-13-29)14-21-16-30-23(26-21)18-4-2-1-3-5-18/h1-9,16-17H,10-15H2. The fraction of sp³-hybridized carbons (Fsp3) is 0.250. The Hall–Kier alpha value is -1.65. The Morgan fingerprint density at radius 1 is 0.677 bits per heavy atom. The number of rotatable bonds is 6. The van der Waals surface area contributed by atoms with E-state index in [0.717, 1.165) is 49.3 Å². The first kappa shape index (κ1) is 21.2. The van der Waals surface area contributed by atoms with Crippen molar-refractivity contribution in [3.8, 4) is 21.1 Å². The second-order valence-corrected chi connectivity index (χ2v) is 10.7. The lowest BCUT2D eigenvalue weighted by atomic mass is 10.2. The molecule has 7 heteroatoms. The second-order valence-electron chi connectivity index (χ2n) is 7.71. The van der Waals surface area contributed by atoms with Crippen LogP contribution in [0.25, 0.3) is 21.1 Å². The van der Waals surface area contributed by atoms with Crippen LogP contribution in [0.3, 0.4) is 0 Å². The number of nitrogens with zero attached hydrogens (tertiary/aromatic N) is 4. The van der Waals surface area contributed by atoms with E-state index in [1.165, 1.54) is 26.1 Å². The molecule has 0 radical (unpaired) electrons. The lowest BCUT2D eigenvalue weighted by Gasteiger charge is -2.33. The summed E-state index contributed by atoms with van der Waals surface area (Å²) in [5.74, 6) is 0. The summed E-state index contributed by atoms with van der Waals surface area (Å²) in [4.78, 5) is 14.8. The molecule has 0 bridgehead atoms. The van der Waals surface area contributed by atoms with Crippen molar-refractivity contribution in [2.45, 2.75) is 13.1 Å². The minimum Gasteiger partial charge on any atom is -0.295 e. The maximum absolute atomic E-state index is 4.87. The third-order valence-electron chi connectivity index (χ3n) is 5.45. The van der Waals surface area contributed by atoms with Gasteiger partial charge >= 0.3 is 0 Å². The number of hydrogen-bond acceptors (Lipinski definition) is 6. The van der Waals surface area contributed by atoms with Gasteiger partial charge in [-0.2, -0.15) is 0 Å². The highest BCUT2D eigenvalue weighted by Gasteiger charge is 2.19. The van der Waals surface area contributed by atoms with Gasteiger partial charge in [0.05, 0.1) is 11.4 Å². The topological polar surface area (TPSA) is 32.3 Å². The zero-order valence-corrected chi connectivity index (χ0v) is 20.9. The van der Waals surface area contributed by atoms with Crippen LogP contribution in [0.4, 0.5) is 0 Å². The summed E-state index contributed by atoms with van der Waals surface area (Å²) in [6.45, 7) is 6.17. The molecule has 1 fully saturated rings. The molecule has 0 aliphatic carbocycles. The van der Waals surface area contributed by atoms with E-state index in [1.807, 2.05) is 6.07 Å². The van der Waals surface area contributed by atoms with Crippen molar-refractivity contribution in [1.82, 2.24) is 19.8 Å². The van der Waals surface area contributed by atoms with Crippen LogP contribution in [0, 0.1) is 3.57 Å². The molecule has 0 spiro atoms. The smallest absolute Gasteiger partial charge is 0.123 e. The molecule has 2 aromatic heterocycles. The number of hydrogen-bond donors (Lipinski definition) is 0. The number of piperazine rings is 1. The first-order valence-corrected chi connectivity index (χ1v) is 13.2. The SMILES string of the molecule is Ic1ccc(-c2nc(CN3CCN(Cc4csc(-c5ccccc5)n4)CC3)cs2)cc1. The summed E-state index contributed by atoms with van der Waals surface area (Å²) in [6, 6.07) is 19.0. The fourth-order valence-corrected chi connectivity index (χ4v) is 5.75. The van der Waals surface area contributed by atoms with Crippen molar-refractivity contribution in [3.05, 3.63) is 80.3 Å². The zero-order chi connectivity index (χ0) is 21.0. The molecule has 0 saturated carbocycles. The second kappa shape index (κ2) is 9.87. The number of benzene rings is 2. The Labute approximate surface area is 204 Å². The highest BCUT2D eigenvalue weighted by molar-refractivity contribution is 14.1. The van der Waals surface area contributed by atoms with Crippen LogP contribution >= 0.6 is 45.3 Å². The molecule has 31 heavy (non-hydrogen) atoms. The van der Waals surface area contributed by atoms with Gasteiger partial charge in [-0.15, -0.1) is 22.7 Å². The van der Waals surface area contributed by atoms with E-state index in [1.54, 1.807) is 22.7 Å². The van der Waals surface area contributed by atoms with Crippen LogP contribution < -0.4 is 0 Å². The summed E-state index contributed by atoms with van der Waals surface area (Å²) >= 11 is 5.82. The molecule has 1 aliphatic heterocycles. The summed E-state index contributed by atoms with van der Waals surface area (Å²) in [5.41, 5.74) is 4.77. The van der Waals surface area contributed by atoms with Crippen LogP contribution in [-0.2, 0) is 13.1 Å². The van der Waals surface area contributed by atoms with Crippen molar-refractivity contribution < 1.29 is 0 Å². The minimum atomic E-state index is 0.934. The predicted molar refractivity (Wildman–Crippen MR) is 138 cm³/mol. The molecule has 3 heterocycles. The number of thiazole rings is 2. The Morgan fingerprint density at radius 2 is 1.16 bits per heavy atom. The van der Waals surface area contributed by atoms with E-state index in [-0.39, 0.29) is 0 Å². The van der Waals surface area contributed by atoms with Gasteiger partial charge in [0.2, 0.25) is 0 Å². The first-order valence-electron chi connectivity index (χ1n) is 10.4. The number of aromatic nitrogens is 2. The number of halogens is 1. The quantitative estimate of drug-likeness (QED) is 0.278. The van der Waals surface area contributed by atoms with Gasteiger partial charge in [0.1, 0.15) is 10.0 Å². The fourth-order valence-electron chi connectivity index (χ4n) is 3.76. The van der Waals surface area contributed by atoms with E-state index in [0.29, 0.717) is 0 Å². The van der Waals surface area contributed by atoms with Crippen LogP contribution in [0.5, 0.6) is 0 Å². The van der Waals surface area contributed by atoms with E-state index < -0.39 is 0 Å². The van der Waals surface area contributed by atoms with Gasteiger partial charge < -0.3 is 0 Å². The van der Waals surface area contributed by atoms with Gasteiger partial charge in [-0.25, -0.2) is 9.97 Å². The van der Waals surface area contributed by atoms with Crippen LogP contribution in [0.2, 0.25) is 0 Å². The Kier molecular flexibility index (Phi) is 6.75. The van der Waals surface area contributed by atoms with Crippen LogP contribution in [-0.4, -0.2) is 45.9 Å². The van der Waals surface area contributed by atoms with E-state index >= 15 is 0 Å². The van der Waals surface area contributed by atoms with Crippen molar-refractivity contribution in [1.29, 1.82) is 0 Å². The van der Waals surface area contributed by atoms with Gasteiger partial charge in [-0.05, 0) is 34.7 Å². The van der Waals surface area contributed by atoms with Gasteiger partial charge in [-0.1, -0.05) is 42.5 Å². The molecule has 0 N–H and O–H groups in total. The van der Waals surface area contributed by atoms with E-state index in [9.17, 15) is 0 Å². The van der Waals surface area contributed by atoms with Crippen molar-refractivity contribution >= 4 is 45.3 Å². The van der Waals surface area contributed by atoms with Crippen LogP contribution in [0.1, 0.15) is 11.4 Å². The molecule has 1 aliphatic rings. The van der Waals surface area contributed by atoms with Gasteiger partial charge in [0, 0.05) is 64.7 Å². The Bertz CT molecular complexity index is 1120. The molecule has 158 valence electrons. The Balaban J connectivity index is 1.13. The summed E-state index contributed by atoms with van der Waals surface area (Å²) in [6.07, 6.45) is 0. The van der Waals surface area contributed by atoms with Gasteiger partial charge in [-0.3, -0.25) is 9.80 Å². The third kappa shape index (κ3) is 5.40. The molecule has 1 saturated heterocycles. The van der Waals surface area contributed by atoms with Gasteiger partial charge in [0.15, 0.2) is 0 Å². The van der Waals surface area contributed by atoms with E-state index in [4.69, 9.17) is 9.97 Å². The lowest BCUT2D eigenvalue weighted by Crippen LogP contribution is -2.45. The molecule has 0 atom stereocenters. The molecular formula is C24H23IN4S2. The maximum Gasteiger partial charge on any atom is 0.123 e. The molecule has 5 rings (SSSR count). The largest absolute Gasteiger partial charge is 0.295 e. The van der Waals surface area contributed by atoms with E-state index in [2.05, 4.69) is 91.7 Å².